The first-order chi connectivity index (χ1) is 20.3. The quantitative estimate of drug-likeness (QED) is 0.242. The van der Waals surface area contributed by atoms with Gasteiger partial charge < -0.3 is 5.11 Å². The van der Waals surface area contributed by atoms with Crippen molar-refractivity contribution in [3.63, 3.8) is 0 Å². The molecule has 42 heavy (non-hydrogen) atoms. The van der Waals surface area contributed by atoms with Crippen LogP contribution in [-0.2, 0) is 6.42 Å². The van der Waals surface area contributed by atoms with E-state index in [9.17, 15) is 4.79 Å². The first-order valence-corrected chi connectivity index (χ1v) is 14.8. The monoisotopic (exact) mass is 552 g/mol. The van der Waals surface area contributed by atoms with Crippen LogP contribution in [0.3, 0.4) is 0 Å². The van der Waals surface area contributed by atoms with Crippen LogP contribution in [0.25, 0.3) is 38.5 Å². The van der Waals surface area contributed by atoms with Crippen molar-refractivity contribution < 1.29 is 9.90 Å². The van der Waals surface area contributed by atoms with Gasteiger partial charge in [-0.1, -0.05) is 100 Å². The third-order valence-electron chi connectivity index (χ3n) is 8.57. The van der Waals surface area contributed by atoms with Crippen molar-refractivity contribution in [1.29, 1.82) is 0 Å². The second kappa shape index (κ2) is 11.4. The Morgan fingerprint density at radius 3 is 2.45 bits per heavy atom. The normalized spacial score (nSPS) is 17.5. The molecular formula is C38H36N2O2. The fourth-order valence-electron chi connectivity index (χ4n) is 6.34. The fraction of sp³-hybridized carbons (Fsp3) is 0.237. The van der Waals surface area contributed by atoms with Crippen molar-refractivity contribution >= 4 is 33.3 Å². The van der Waals surface area contributed by atoms with Crippen molar-refractivity contribution in [2.24, 2.45) is 11.8 Å². The summed E-state index contributed by atoms with van der Waals surface area (Å²) in [6.07, 6.45) is 10.1. The Morgan fingerprint density at radius 1 is 0.881 bits per heavy atom. The number of fused-ring (bicyclic) bond motifs is 5. The Hall–Kier alpha value is -4.57. The van der Waals surface area contributed by atoms with Crippen molar-refractivity contribution in [3.8, 4) is 11.1 Å². The molecule has 2 aliphatic carbocycles. The van der Waals surface area contributed by atoms with Crippen molar-refractivity contribution in [1.82, 2.24) is 9.97 Å². The summed E-state index contributed by atoms with van der Waals surface area (Å²) in [5.41, 5.74) is 11.0. The third kappa shape index (κ3) is 5.25. The van der Waals surface area contributed by atoms with Gasteiger partial charge >= 0.3 is 5.97 Å². The molecule has 0 amide bonds. The Morgan fingerprint density at radius 2 is 1.69 bits per heavy atom. The van der Waals surface area contributed by atoms with Crippen molar-refractivity contribution in [2.75, 3.05) is 0 Å². The molecule has 4 heteroatoms. The minimum Gasteiger partial charge on any atom is -0.478 e. The van der Waals surface area contributed by atoms with E-state index >= 15 is 0 Å². The molecule has 210 valence electrons. The topological polar surface area (TPSA) is 63.1 Å². The Balaban J connectivity index is 0.000000203. The molecule has 7 rings (SSSR count). The fourth-order valence-corrected chi connectivity index (χ4v) is 6.34. The number of carboxylic acid groups (broad SMARTS) is 1. The van der Waals surface area contributed by atoms with E-state index in [0.29, 0.717) is 23.4 Å². The van der Waals surface area contributed by atoms with Gasteiger partial charge in [0.05, 0.1) is 5.56 Å². The van der Waals surface area contributed by atoms with Crippen molar-refractivity contribution in [2.45, 2.75) is 46.5 Å². The molecule has 0 fully saturated rings. The van der Waals surface area contributed by atoms with Crippen LogP contribution < -0.4 is 0 Å². The summed E-state index contributed by atoms with van der Waals surface area (Å²) in [6.45, 7) is 9.35. The van der Waals surface area contributed by atoms with Crippen LogP contribution in [0, 0.1) is 11.8 Å². The van der Waals surface area contributed by atoms with Crippen LogP contribution in [0.5, 0.6) is 0 Å². The molecule has 2 heterocycles. The van der Waals surface area contributed by atoms with E-state index in [1.165, 1.54) is 51.2 Å². The summed E-state index contributed by atoms with van der Waals surface area (Å²) in [7, 11) is 0. The number of aromatic nitrogens is 2. The maximum absolute atomic E-state index is 10.6. The number of carboxylic acids is 1. The summed E-state index contributed by atoms with van der Waals surface area (Å²) in [6, 6.07) is 25.6. The van der Waals surface area contributed by atoms with E-state index in [-0.39, 0.29) is 5.56 Å². The highest BCUT2D eigenvalue weighted by Crippen LogP contribution is 2.46. The van der Waals surface area contributed by atoms with Crippen LogP contribution in [0.2, 0.25) is 0 Å². The number of hydrogen-bond acceptors (Lipinski definition) is 3. The van der Waals surface area contributed by atoms with E-state index in [4.69, 9.17) is 5.11 Å². The predicted octanol–water partition coefficient (Wildman–Crippen LogP) is 9.50. The van der Waals surface area contributed by atoms with Gasteiger partial charge in [-0.3, -0.25) is 0 Å². The van der Waals surface area contributed by atoms with Gasteiger partial charge in [0, 0.05) is 17.8 Å². The van der Waals surface area contributed by atoms with Gasteiger partial charge in [-0.05, 0) is 93.0 Å². The summed E-state index contributed by atoms with van der Waals surface area (Å²) >= 11 is 0. The van der Waals surface area contributed by atoms with Gasteiger partial charge in [-0.2, -0.15) is 0 Å². The van der Waals surface area contributed by atoms with E-state index < -0.39 is 5.97 Å². The third-order valence-corrected chi connectivity index (χ3v) is 8.57. The Bertz CT molecular complexity index is 1870. The highest BCUT2D eigenvalue weighted by atomic mass is 16.4. The number of allylic oxidation sites excluding steroid dienone is 4. The van der Waals surface area contributed by atoms with Gasteiger partial charge in [0.25, 0.3) is 0 Å². The molecule has 2 aliphatic rings. The molecule has 0 saturated carbocycles. The number of nitrogens with zero attached hydrogens (tertiary/aromatic N) is 2. The highest BCUT2D eigenvalue weighted by Gasteiger charge is 2.28. The van der Waals surface area contributed by atoms with Crippen LogP contribution in [-0.4, -0.2) is 21.0 Å². The average molecular weight is 553 g/mol. The molecule has 5 aromatic rings. The maximum atomic E-state index is 10.6. The number of aromatic carboxylic acids is 1. The Kier molecular flexibility index (Phi) is 7.47. The lowest BCUT2D eigenvalue weighted by molar-refractivity contribution is 0.0696. The molecule has 1 N–H and O–H groups in total. The zero-order valence-corrected chi connectivity index (χ0v) is 24.6. The van der Waals surface area contributed by atoms with Gasteiger partial charge in [0.2, 0.25) is 0 Å². The zero-order valence-electron chi connectivity index (χ0n) is 24.6. The van der Waals surface area contributed by atoms with Crippen LogP contribution in [0.1, 0.15) is 67.1 Å². The Labute approximate surface area is 247 Å². The number of rotatable bonds is 3. The smallest absolute Gasteiger partial charge is 0.337 e. The summed E-state index contributed by atoms with van der Waals surface area (Å²) < 4.78 is 0. The van der Waals surface area contributed by atoms with Crippen LogP contribution in [0.4, 0.5) is 0 Å². The summed E-state index contributed by atoms with van der Waals surface area (Å²) in [4.78, 5) is 18.5. The van der Waals surface area contributed by atoms with E-state index in [1.807, 2.05) is 0 Å². The number of pyridine rings is 2. The van der Waals surface area contributed by atoms with Gasteiger partial charge in [0.1, 0.15) is 0 Å². The lowest BCUT2D eigenvalue weighted by Crippen LogP contribution is -2.17. The standard InChI is InChI=1S/C29H30.C9H6N2O2/c1-18(2)23-16-22-11-13-25-24-12-10-19(3)14-26(24)20(4)15-28(25)29(22)27(17-23)21-8-6-5-7-9-21;12-9(13)7-4-6-2-1-3-10-8(6)11-5-7/h5-13,16-20H,14-15H2,1-4H3;1-5H,(H,12,13). The van der Waals surface area contributed by atoms with Gasteiger partial charge in [-0.15, -0.1) is 0 Å². The molecule has 2 unspecified atom stereocenters. The predicted molar refractivity (Wildman–Crippen MR) is 173 cm³/mol. The van der Waals surface area contributed by atoms with Crippen LogP contribution >= 0.6 is 0 Å². The molecule has 2 atom stereocenters. The van der Waals surface area contributed by atoms with Crippen LogP contribution in [0.15, 0.2) is 103 Å². The maximum Gasteiger partial charge on any atom is 0.337 e. The molecule has 2 aromatic heterocycles. The molecular weight excluding hydrogens is 516 g/mol. The number of hydrogen-bond donors (Lipinski definition) is 1. The largest absolute Gasteiger partial charge is 0.478 e. The molecule has 0 radical (unpaired) electrons. The number of carbonyl (C=O) groups is 1. The molecule has 3 aromatic carbocycles. The molecule has 0 saturated heterocycles. The average Bonchev–Trinajstić information content (AvgIpc) is 3.01. The highest BCUT2D eigenvalue weighted by molar-refractivity contribution is 6.03. The first-order valence-electron chi connectivity index (χ1n) is 14.8. The van der Waals surface area contributed by atoms with E-state index in [1.54, 1.807) is 35.5 Å². The number of benzene rings is 3. The summed E-state index contributed by atoms with van der Waals surface area (Å²) in [5, 5.41) is 12.3. The SMILES string of the molecule is CC1C=CC2=C(C1)C(C)Cc1c2ccc2cc(C(C)C)cc(-c3ccccc3)c12.O=C(O)c1cnc2ncccc2c1. The van der Waals surface area contributed by atoms with E-state index in [2.05, 4.69) is 104 Å². The lowest BCUT2D eigenvalue weighted by atomic mass is 9.72. The lowest BCUT2D eigenvalue weighted by Gasteiger charge is -2.32. The minimum absolute atomic E-state index is 0.181. The second-order valence-electron chi connectivity index (χ2n) is 11.9. The second-order valence-corrected chi connectivity index (χ2v) is 11.9. The van der Waals surface area contributed by atoms with Crippen molar-refractivity contribution in [3.05, 3.63) is 125 Å². The first kappa shape index (κ1) is 27.6. The molecule has 0 spiro atoms. The minimum atomic E-state index is -0.974. The molecule has 4 nitrogen and oxygen atoms in total. The molecule has 0 aliphatic heterocycles. The zero-order chi connectivity index (χ0) is 29.4. The van der Waals surface area contributed by atoms with Gasteiger partial charge in [-0.25, -0.2) is 14.8 Å². The molecule has 0 bridgehead atoms. The van der Waals surface area contributed by atoms with Gasteiger partial charge in [0.15, 0.2) is 5.65 Å². The van der Waals surface area contributed by atoms with E-state index in [0.717, 1.165) is 11.8 Å². The summed E-state index contributed by atoms with van der Waals surface area (Å²) in [5.74, 6) is 0.822.